The maximum Gasteiger partial charge on any atom is 0.417 e. The first-order chi connectivity index (χ1) is 18.4. The molecule has 2 heterocycles. The van der Waals surface area contributed by atoms with Crippen LogP contribution in [0.5, 0.6) is 5.75 Å². The molecule has 4 rings (SSSR count). The Morgan fingerprint density at radius 2 is 1.79 bits per heavy atom. The average molecular weight is 561 g/mol. The van der Waals surface area contributed by atoms with E-state index in [2.05, 4.69) is 0 Å². The molecule has 0 fully saturated rings. The molecule has 0 aliphatic carbocycles. The highest BCUT2D eigenvalue weighted by Gasteiger charge is 2.37. The molecule has 0 atom stereocenters. The number of halogens is 5. The molecule has 0 bridgehead atoms. The summed E-state index contributed by atoms with van der Waals surface area (Å²) in [6, 6.07) is 11.5. The summed E-state index contributed by atoms with van der Waals surface area (Å²) >= 11 is 0.924. The largest absolute Gasteiger partial charge is 0.487 e. The van der Waals surface area contributed by atoms with Crippen LogP contribution in [0.25, 0.3) is 21.0 Å². The number of aromatic nitrogens is 1. The van der Waals surface area contributed by atoms with Gasteiger partial charge in [0.1, 0.15) is 23.3 Å². The third kappa shape index (κ3) is 5.51. The summed E-state index contributed by atoms with van der Waals surface area (Å²) in [5.41, 5.74) is -4.36. The van der Waals surface area contributed by atoms with Gasteiger partial charge in [-0.25, -0.2) is 8.78 Å². The number of hydrogen-bond acceptors (Lipinski definition) is 6. The highest BCUT2D eigenvalue weighted by Crippen LogP contribution is 2.40. The number of hydrogen-bond donors (Lipinski definition) is 0. The normalized spacial score (nSPS) is 11.3. The molecule has 2 aromatic carbocycles. The van der Waals surface area contributed by atoms with E-state index in [1.54, 1.807) is 6.92 Å². The van der Waals surface area contributed by atoms with E-state index < -0.39 is 46.0 Å². The molecule has 0 aliphatic rings. The minimum absolute atomic E-state index is 0.0418. The average Bonchev–Trinajstić information content (AvgIpc) is 3.36. The summed E-state index contributed by atoms with van der Waals surface area (Å²) in [4.78, 5) is 24.5. The summed E-state index contributed by atoms with van der Waals surface area (Å²) in [6.07, 6.45) is -5.05. The molecule has 0 unspecified atom stereocenters. The van der Waals surface area contributed by atoms with E-state index in [9.17, 15) is 42.1 Å². The predicted octanol–water partition coefficient (Wildman–Crippen LogP) is 6.77. The van der Waals surface area contributed by atoms with E-state index in [-0.39, 0.29) is 34.2 Å². The van der Waals surface area contributed by atoms with Gasteiger partial charge in [-0.2, -0.15) is 18.4 Å². The van der Waals surface area contributed by atoms with Gasteiger partial charge in [0.2, 0.25) is 0 Å². The predicted molar refractivity (Wildman–Crippen MR) is 132 cm³/mol. The molecule has 0 saturated heterocycles. The van der Waals surface area contributed by atoms with Crippen molar-refractivity contribution in [1.29, 1.82) is 5.26 Å². The Hall–Kier alpha value is -4.57. The van der Waals surface area contributed by atoms with E-state index in [1.807, 2.05) is 0 Å². The van der Waals surface area contributed by atoms with E-state index in [4.69, 9.17) is 4.74 Å². The molecular weight excluding hydrogens is 545 g/mol. The lowest BCUT2D eigenvalue weighted by molar-refractivity contribution is -0.385. The summed E-state index contributed by atoms with van der Waals surface area (Å²) in [5.74, 6) is -1.87. The molecule has 0 N–H and O–H groups in total. The fourth-order valence-corrected chi connectivity index (χ4v) is 4.91. The van der Waals surface area contributed by atoms with Crippen LogP contribution >= 0.6 is 11.3 Å². The molecule has 0 radical (unpaired) electrons. The molecule has 13 heteroatoms. The second-order valence-corrected chi connectivity index (χ2v) is 9.18. The Labute approximate surface area is 221 Å². The van der Waals surface area contributed by atoms with Crippen LogP contribution in [0, 0.1) is 33.1 Å². The summed E-state index contributed by atoms with van der Waals surface area (Å²) in [5, 5.41) is 20.8. The van der Waals surface area contributed by atoms with E-state index in [0.717, 1.165) is 28.0 Å². The molecule has 0 amide bonds. The van der Waals surface area contributed by atoms with Crippen molar-refractivity contribution < 1.29 is 31.6 Å². The lowest BCUT2D eigenvalue weighted by Crippen LogP contribution is -2.28. The molecule has 39 heavy (non-hydrogen) atoms. The Kier molecular flexibility index (Phi) is 7.51. The van der Waals surface area contributed by atoms with Crippen molar-refractivity contribution in [2.24, 2.45) is 0 Å². The van der Waals surface area contributed by atoms with Crippen LogP contribution in [-0.4, -0.2) is 16.1 Å². The van der Waals surface area contributed by atoms with E-state index in [1.165, 1.54) is 36.4 Å². The summed E-state index contributed by atoms with van der Waals surface area (Å²) < 4.78 is 75.3. The zero-order valence-electron chi connectivity index (χ0n) is 19.9. The Balaban J connectivity index is 1.90. The summed E-state index contributed by atoms with van der Waals surface area (Å²) in [6.45, 7) is 1.26. The number of ether oxygens (including phenoxy) is 1. The SMILES string of the molecule is CCOc1ccc(-c2ccc(-c3cc(C(F)(F)F)c(C#N)c(=O)n3Cc3ccc(F)cc3F)s2)cc1[N+](=O)[O-]. The van der Waals surface area contributed by atoms with Gasteiger partial charge in [0.25, 0.3) is 5.56 Å². The first-order valence-electron chi connectivity index (χ1n) is 11.2. The first kappa shape index (κ1) is 27.5. The van der Waals surface area contributed by atoms with Crippen LogP contribution in [0.3, 0.4) is 0 Å². The van der Waals surface area contributed by atoms with Crippen molar-refractivity contribution >= 4 is 17.0 Å². The van der Waals surface area contributed by atoms with Crippen LogP contribution < -0.4 is 10.3 Å². The molecule has 0 aliphatic heterocycles. The molecule has 2 aromatic heterocycles. The minimum Gasteiger partial charge on any atom is -0.487 e. The monoisotopic (exact) mass is 561 g/mol. The third-order valence-electron chi connectivity index (χ3n) is 5.66. The first-order valence-corrected chi connectivity index (χ1v) is 12.0. The molecular formula is C26H16F5N3O4S. The number of nitriles is 1. The molecule has 0 spiro atoms. The fraction of sp³-hybridized carbons (Fsp3) is 0.154. The Morgan fingerprint density at radius 3 is 2.41 bits per heavy atom. The maximum absolute atomic E-state index is 14.4. The third-order valence-corrected chi connectivity index (χ3v) is 6.82. The van der Waals surface area contributed by atoms with Gasteiger partial charge in [-0.15, -0.1) is 11.3 Å². The van der Waals surface area contributed by atoms with E-state index in [0.29, 0.717) is 22.6 Å². The number of nitro benzene ring substituents is 1. The number of nitro groups is 1. The number of thiophene rings is 1. The van der Waals surface area contributed by atoms with Crippen LogP contribution in [0.15, 0.2) is 59.4 Å². The highest BCUT2D eigenvalue weighted by atomic mass is 32.1. The summed E-state index contributed by atoms with van der Waals surface area (Å²) in [7, 11) is 0. The smallest absolute Gasteiger partial charge is 0.417 e. The van der Waals surface area contributed by atoms with Gasteiger partial charge in [0, 0.05) is 22.6 Å². The quantitative estimate of drug-likeness (QED) is 0.141. The lowest BCUT2D eigenvalue weighted by atomic mass is 10.1. The Morgan fingerprint density at radius 1 is 1.08 bits per heavy atom. The Bertz CT molecular complexity index is 1690. The van der Waals surface area contributed by atoms with Gasteiger partial charge >= 0.3 is 11.9 Å². The van der Waals surface area contributed by atoms with Crippen molar-refractivity contribution in [3.8, 4) is 32.8 Å². The van der Waals surface area contributed by atoms with Crippen molar-refractivity contribution in [1.82, 2.24) is 4.57 Å². The standard InChI is InChI=1S/C26H16F5N3O4S/c1-2-38-22-6-4-14(9-20(22)34(36)37)23-7-8-24(39-23)21-11-18(26(29,30)31)17(12-32)25(35)33(21)13-15-3-5-16(27)10-19(15)28/h3-11H,2,13H2,1H3. The second-order valence-electron chi connectivity index (χ2n) is 8.09. The topological polar surface area (TPSA) is 98.2 Å². The highest BCUT2D eigenvalue weighted by molar-refractivity contribution is 7.18. The zero-order valence-corrected chi connectivity index (χ0v) is 20.7. The van der Waals surface area contributed by atoms with Crippen molar-refractivity contribution in [3.63, 3.8) is 0 Å². The number of benzene rings is 2. The molecule has 200 valence electrons. The van der Waals surface area contributed by atoms with Gasteiger partial charge in [0.05, 0.1) is 34.2 Å². The van der Waals surface area contributed by atoms with Gasteiger partial charge in [0.15, 0.2) is 5.75 Å². The second kappa shape index (κ2) is 10.7. The number of rotatable bonds is 7. The van der Waals surface area contributed by atoms with Gasteiger partial charge in [-0.3, -0.25) is 14.9 Å². The number of nitrogens with zero attached hydrogens (tertiary/aromatic N) is 3. The van der Waals surface area contributed by atoms with Crippen LogP contribution in [0.4, 0.5) is 27.6 Å². The van der Waals surface area contributed by atoms with Crippen LogP contribution in [0.1, 0.15) is 23.6 Å². The fourth-order valence-electron chi connectivity index (χ4n) is 3.88. The number of pyridine rings is 1. The van der Waals surface area contributed by atoms with Crippen molar-refractivity contribution in [2.45, 2.75) is 19.6 Å². The van der Waals surface area contributed by atoms with Crippen LogP contribution in [0.2, 0.25) is 0 Å². The molecule has 4 aromatic rings. The molecule has 7 nitrogen and oxygen atoms in total. The number of alkyl halides is 3. The van der Waals surface area contributed by atoms with Crippen molar-refractivity contribution in [3.05, 3.63) is 103 Å². The van der Waals surface area contributed by atoms with Gasteiger partial charge in [-0.05, 0) is 48.9 Å². The lowest BCUT2D eigenvalue weighted by Gasteiger charge is -2.17. The van der Waals surface area contributed by atoms with Crippen LogP contribution in [-0.2, 0) is 12.7 Å². The van der Waals surface area contributed by atoms with Crippen molar-refractivity contribution in [2.75, 3.05) is 6.61 Å². The van der Waals surface area contributed by atoms with Gasteiger partial charge < -0.3 is 9.30 Å². The maximum atomic E-state index is 14.4. The zero-order chi connectivity index (χ0) is 28.5. The molecule has 0 saturated carbocycles. The van der Waals surface area contributed by atoms with E-state index >= 15 is 0 Å². The van der Waals surface area contributed by atoms with Gasteiger partial charge in [-0.1, -0.05) is 6.07 Å². The minimum atomic E-state index is -5.05.